The molecule has 156 valence electrons. The highest BCUT2D eigenvalue weighted by atomic mass is 32.2. The van der Waals surface area contributed by atoms with Gasteiger partial charge in [0.1, 0.15) is 5.82 Å². The fraction of sp³-hybridized carbons (Fsp3) is 0.381. The van der Waals surface area contributed by atoms with Crippen LogP contribution in [-0.2, 0) is 10.0 Å². The lowest BCUT2D eigenvalue weighted by atomic mass is 10.00. The molecular weight excluding hydrogens is 393 g/mol. The molecule has 6 nitrogen and oxygen atoms in total. The molecule has 1 heterocycles. The Balaban J connectivity index is 1.59. The van der Waals surface area contributed by atoms with Gasteiger partial charge in [0.25, 0.3) is 0 Å². The predicted octanol–water partition coefficient (Wildman–Crippen LogP) is 3.66. The molecule has 29 heavy (non-hydrogen) atoms. The Morgan fingerprint density at radius 2 is 1.90 bits per heavy atom. The number of anilines is 1. The molecule has 2 N–H and O–H groups in total. The molecule has 2 amide bonds. The number of piperidine rings is 1. The van der Waals surface area contributed by atoms with Crippen molar-refractivity contribution in [3.8, 4) is 0 Å². The van der Waals surface area contributed by atoms with Gasteiger partial charge in [0.05, 0.1) is 4.90 Å². The standard InChI is InChI=1S/C21H26FN3O3S/c1-15-5-9-19(10-6-15)24-21(26)23-13-17-4-3-11-25(14-17)29(27,28)20-12-18(22)8-7-16(20)2/h5-10,12,17H,3-4,11,13-14H2,1-2H3,(H2,23,24,26)/t17-/m1/s1. The summed E-state index contributed by atoms with van der Waals surface area (Å²) in [6.45, 7) is 4.68. The van der Waals surface area contributed by atoms with E-state index in [-0.39, 0.29) is 16.8 Å². The lowest BCUT2D eigenvalue weighted by Crippen LogP contribution is -2.44. The van der Waals surface area contributed by atoms with E-state index in [2.05, 4.69) is 10.6 Å². The summed E-state index contributed by atoms with van der Waals surface area (Å²) in [6, 6.07) is 10.9. The van der Waals surface area contributed by atoms with Crippen molar-refractivity contribution in [2.45, 2.75) is 31.6 Å². The third kappa shape index (κ3) is 5.33. The number of hydrogen-bond donors (Lipinski definition) is 2. The first-order valence-electron chi connectivity index (χ1n) is 9.63. The smallest absolute Gasteiger partial charge is 0.319 e. The molecular formula is C21H26FN3O3S. The maximum atomic E-state index is 13.6. The zero-order valence-electron chi connectivity index (χ0n) is 16.6. The van der Waals surface area contributed by atoms with Crippen molar-refractivity contribution >= 4 is 21.7 Å². The van der Waals surface area contributed by atoms with Gasteiger partial charge in [-0.15, -0.1) is 0 Å². The maximum absolute atomic E-state index is 13.6. The molecule has 1 aliphatic rings. The highest BCUT2D eigenvalue weighted by molar-refractivity contribution is 7.89. The van der Waals surface area contributed by atoms with E-state index in [4.69, 9.17) is 0 Å². The van der Waals surface area contributed by atoms with Crippen molar-refractivity contribution in [2.24, 2.45) is 5.92 Å². The zero-order chi connectivity index (χ0) is 21.0. The summed E-state index contributed by atoms with van der Waals surface area (Å²) in [4.78, 5) is 12.1. The normalized spacial score (nSPS) is 17.7. The highest BCUT2D eigenvalue weighted by Crippen LogP contribution is 2.26. The van der Waals surface area contributed by atoms with Crippen LogP contribution in [0.4, 0.5) is 14.9 Å². The van der Waals surface area contributed by atoms with Gasteiger partial charge in [-0.05, 0) is 62.4 Å². The average molecular weight is 420 g/mol. The van der Waals surface area contributed by atoms with E-state index in [1.165, 1.54) is 16.4 Å². The van der Waals surface area contributed by atoms with Gasteiger partial charge in [0, 0.05) is 25.3 Å². The molecule has 0 radical (unpaired) electrons. The van der Waals surface area contributed by atoms with E-state index in [1.807, 2.05) is 31.2 Å². The molecule has 2 aromatic rings. The summed E-state index contributed by atoms with van der Waals surface area (Å²) in [5.74, 6) is -0.576. The first kappa shape index (κ1) is 21.3. The number of halogens is 1. The molecule has 0 spiro atoms. The second kappa shape index (κ2) is 8.92. The molecule has 1 atom stereocenters. The van der Waals surface area contributed by atoms with Gasteiger partial charge in [-0.25, -0.2) is 17.6 Å². The summed E-state index contributed by atoms with van der Waals surface area (Å²) in [5, 5.41) is 5.58. The molecule has 0 bridgehead atoms. The summed E-state index contributed by atoms with van der Waals surface area (Å²) >= 11 is 0. The molecule has 8 heteroatoms. The summed E-state index contributed by atoms with van der Waals surface area (Å²) in [5.41, 5.74) is 2.32. The first-order valence-corrected chi connectivity index (χ1v) is 11.1. The van der Waals surface area contributed by atoms with Crippen molar-refractivity contribution in [1.29, 1.82) is 0 Å². The molecule has 2 aromatic carbocycles. The zero-order valence-corrected chi connectivity index (χ0v) is 17.4. The van der Waals surface area contributed by atoms with E-state index >= 15 is 0 Å². The average Bonchev–Trinajstić information content (AvgIpc) is 2.70. The molecule has 1 fully saturated rings. The first-order chi connectivity index (χ1) is 13.8. The van der Waals surface area contributed by atoms with Crippen LogP contribution in [0.2, 0.25) is 0 Å². The monoisotopic (exact) mass is 419 g/mol. The van der Waals surface area contributed by atoms with E-state index < -0.39 is 15.8 Å². The van der Waals surface area contributed by atoms with Gasteiger partial charge in [0.15, 0.2) is 0 Å². The number of nitrogens with one attached hydrogen (secondary N) is 2. The molecule has 0 unspecified atom stereocenters. The molecule has 0 saturated carbocycles. The van der Waals surface area contributed by atoms with Crippen LogP contribution in [0, 0.1) is 25.6 Å². The van der Waals surface area contributed by atoms with Gasteiger partial charge in [0.2, 0.25) is 10.0 Å². The van der Waals surface area contributed by atoms with E-state index in [1.54, 1.807) is 6.92 Å². The van der Waals surface area contributed by atoms with Crippen molar-refractivity contribution in [3.05, 3.63) is 59.4 Å². The van der Waals surface area contributed by atoms with Crippen molar-refractivity contribution in [3.63, 3.8) is 0 Å². The Labute approximate surface area is 171 Å². The minimum atomic E-state index is -3.77. The number of amides is 2. The number of sulfonamides is 1. The van der Waals surface area contributed by atoms with Crippen LogP contribution < -0.4 is 10.6 Å². The summed E-state index contributed by atoms with van der Waals surface area (Å²) < 4.78 is 40.9. The van der Waals surface area contributed by atoms with Crippen LogP contribution >= 0.6 is 0 Å². The van der Waals surface area contributed by atoms with Gasteiger partial charge < -0.3 is 10.6 Å². The minimum absolute atomic E-state index is 0.00298. The number of benzene rings is 2. The van der Waals surface area contributed by atoms with Crippen LogP contribution in [0.3, 0.4) is 0 Å². The number of hydrogen-bond acceptors (Lipinski definition) is 3. The Kier molecular flexibility index (Phi) is 6.54. The van der Waals surface area contributed by atoms with E-state index in [0.29, 0.717) is 37.3 Å². The second-order valence-corrected chi connectivity index (χ2v) is 9.39. The lowest BCUT2D eigenvalue weighted by Gasteiger charge is -2.32. The topological polar surface area (TPSA) is 78.5 Å². The number of carbonyl (C=O) groups is 1. The molecule has 1 saturated heterocycles. The van der Waals surface area contributed by atoms with E-state index in [9.17, 15) is 17.6 Å². The quantitative estimate of drug-likeness (QED) is 0.776. The maximum Gasteiger partial charge on any atom is 0.319 e. The molecule has 1 aliphatic heterocycles. The van der Waals surface area contributed by atoms with Crippen LogP contribution in [0.1, 0.15) is 24.0 Å². The fourth-order valence-corrected chi connectivity index (χ4v) is 5.24. The number of nitrogens with zero attached hydrogens (tertiary/aromatic N) is 1. The Hall–Kier alpha value is -2.45. The second-order valence-electron chi connectivity index (χ2n) is 7.48. The SMILES string of the molecule is Cc1ccc(NC(=O)NC[C@H]2CCCN(S(=O)(=O)c3cc(F)ccc3C)C2)cc1. The molecule has 0 aliphatic carbocycles. The Morgan fingerprint density at radius 3 is 2.62 bits per heavy atom. The number of carbonyl (C=O) groups excluding carboxylic acids is 1. The number of rotatable bonds is 5. The number of urea groups is 1. The highest BCUT2D eigenvalue weighted by Gasteiger charge is 2.31. The van der Waals surface area contributed by atoms with Gasteiger partial charge >= 0.3 is 6.03 Å². The summed E-state index contributed by atoms with van der Waals surface area (Å²) in [6.07, 6.45) is 1.51. The van der Waals surface area contributed by atoms with Gasteiger partial charge in [-0.3, -0.25) is 0 Å². The Morgan fingerprint density at radius 1 is 1.17 bits per heavy atom. The van der Waals surface area contributed by atoms with Gasteiger partial charge in [-0.1, -0.05) is 23.8 Å². The van der Waals surface area contributed by atoms with Gasteiger partial charge in [-0.2, -0.15) is 4.31 Å². The lowest BCUT2D eigenvalue weighted by molar-refractivity contribution is 0.238. The van der Waals surface area contributed by atoms with Crippen molar-refractivity contribution in [2.75, 3.05) is 25.0 Å². The van der Waals surface area contributed by atoms with Crippen molar-refractivity contribution < 1.29 is 17.6 Å². The van der Waals surface area contributed by atoms with Crippen LogP contribution in [-0.4, -0.2) is 38.4 Å². The van der Waals surface area contributed by atoms with Crippen molar-refractivity contribution in [1.82, 2.24) is 9.62 Å². The third-order valence-electron chi connectivity index (χ3n) is 5.11. The molecule has 3 rings (SSSR count). The number of aryl methyl sites for hydroxylation is 2. The third-order valence-corrected chi connectivity index (χ3v) is 7.12. The Bertz CT molecular complexity index is 977. The minimum Gasteiger partial charge on any atom is -0.338 e. The summed E-state index contributed by atoms with van der Waals surface area (Å²) in [7, 11) is -3.77. The van der Waals surface area contributed by atoms with Crippen LogP contribution in [0.5, 0.6) is 0 Å². The fourth-order valence-electron chi connectivity index (χ4n) is 3.45. The molecule has 0 aromatic heterocycles. The van der Waals surface area contributed by atoms with Crippen LogP contribution in [0.15, 0.2) is 47.4 Å². The van der Waals surface area contributed by atoms with Crippen LogP contribution in [0.25, 0.3) is 0 Å². The van der Waals surface area contributed by atoms with E-state index in [0.717, 1.165) is 18.1 Å². The largest absolute Gasteiger partial charge is 0.338 e. The predicted molar refractivity (Wildman–Crippen MR) is 111 cm³/mol.